The summed E-state index contributed by atoms with van der Waals surface area (Å²) < 4.78 is 4.83. The Hall–Kier alpha value is -2.90. The number of benzene rings is 1. The summed E-state index contributed by atoms with van der Waals surface area (Å²) in [6.45, 7) is 6.09. The minimum atomic E-state index is -0.765. The van der Waals surface area contributed by atoms with Crippen LogP contribution in [0.15, 0.2) is 59.3 Å². The van der Waals surface area contributed by atoms with Crippen LogP contribution in [-0.2, 0) is 14.3 Å². The van der Waals surface area contributed by atoms with Crippen LogP contribution >= 0.6 is 11.3 Å². The first kappa shape index (κ1) is 25.4. The molecule has 0 radical (unpaired) electrons. The monoisotopic (exact) mass is 448 g/mol. The van der Waals surface area contributed by atoms with Crippen molar-refractivity contribution in [2.45, 2.75) is 46.5 Å². The second kappa shape index (κ2) is 12.8. The van der Waals surface area contributed by atoms with Gasteiger partial charge in [-0.15, -0.1) is 0 Å². The number of Topliss-reactive ketones (excluding diaryl/α,β-unsaturated/α-hetero) is 1. The summed E-state index contributed by atoms with van der Waals surface area (Å²) >= 11 is 1.69. The van der Waals surface area contributed by atoms with Gasteiger partial charge >= 0.3 is 5.97 Å². The van der Waals surface area contributed by atoms with E-state index < -0.39 is 11.9 Å². The number of unbranched alkanes of at least 4 members (excludes halogenated alkanes) is 1. The molecule has 0 bridgehead atoms. The number of esters is 1. The lowest BCUT2D eigenvalue weighted by atomic mass is 9.95. The number of hydrogen-bond donors (Lipinski definition) is 0. The summed E-state index contributed by atoms with van der Waals surface area (Å²) in [7, 11) is 1.32. The van der Waals surface area contributed by atoms with Crippen LogP contribution in [0.25, 0.3) is 17.2 Å². The van der Waals surface area contributed by atoms with E-state index in [1.54, 1.807) is 23.5 Å². The first-order valence-electron chi connectivity index (χ1n) is 10.9. The van der Waals surface area contributed by atoms with Gasteiger partial charge in [-0.05, 0) is 85.7 Å². The quantitative estimate of drug-likeness (QED) is 0.171. The zero-order valence-corrected chi connectivity index (χ0v) is 20.2. The zero-order valence-electron chi connectivity index (χ0n) is 19.4. The van der Waals surface area contributed by atoms with Gasteiger partial charge in [-0.3, -0.25) is 9.59 Å². The molecule has 1 aromatic carbocycles. The molecule has 0 saturated heterocycles. The van der Waals surface area contributed by atoms with Crippen LogP contribution in [0.5, 0.6) is 0 Å². The van der Waals surface area contributed by atoms with Gasteiger partial charge in [-0.1, -0.05) is 48.3 Å². The largest absolute Gasteiger partial charge is 0.468 e. The predicted molar refractivity (Wildman–Crippen MR) is 134 cm³/mol. The van der Waals surface area contributed by atoms with Gasteiger partial charge in [0.2, 0.25) is 0 Å². The number of rotatable bonds is 10. The van der Waals surface area contributed by atoms with Crippen LogP contribution < -0.4 is 0 Å². The van der Waals surface area contributed by atoms with Crippen LogP contribution in [-0.4, -0.2) is 18.9 Å². The van der Waals surface area contributed by atoms with E-state index in [-0.39, 0.29) is 11.2 Å². The number of carbonyl (C=O) groups is 2. The van der Waals surface area contributed by atoms with E-state index in [1.807, 2.05) is 20.8 Å². The van der Waals surface area contributed by atoms with Crippen LogP contribution in [0.2, 0.25) is 0 Å². The van der Waals surface area contributed by atoms with E-state index in [9.17, 15) is 9.59 Å². The number of carbonyl (C=O) groups excluding carboxylic acids is 2. The maximum Gasteiger partial charge on any atom is 0.316 e. The zero-order chi connectivity index (χ0) is 23.4. The van der Waals surface area contributed by atoms with Gasteiger partial charge in [0.15, 0.2) is 0 Å². The fourth-order valence-electron chi connectivity index (χ4n) is 3.06. The molecule has 0 fully saturated rings. The average Bonchev–Trinajstić information content (AvgIpc) is 3.30. The molecule has 0 spiro atoms. The molecule has 4 heteroatoms. The molecule has 0 amide bonds. The number of methoxy groups -OCH3 is 1. The Labute approximate surface area is 196 Å². The molecule has 0 saturated carbocycles. The van der Waals surface area contributed by atoms with Crippen LogP contribution in [0.4, 0.5) is 0 Å². The van der Waals surface area contributed by atoms with E-state index in [1.165, 1.54) is 18.2 Å². The number of ketones is 1. The molecule has 0 aliphatic rings. The highest BCUT2D eigenvalue weighted by Crippen LogP contribution is 2.23. The number of allylic oxidation sites excluding steroid dienone is 3. The van der Waals surface area contributed by atoms with E-state index in [2.05, 4.69) is 65.1 Å². The lowest BCUT2D eigenvalue weighted by Crippen LogP contribution is -2.24. The van der Waals surface area contributed by atoms with E-state index >= 15 is 0 Å². The van der Waals surface area contributed by atoms with Gasteiger partial charge < -0.3 is 4.74 Å². The van der Waals surface area contributed by atoms with Gasteiger partial charge in [0, 0.05) is 11.8 Å². The molecule has 1 aromatic heterocycles. The SMILES string of the molecule is COC(=O)C(CC=CC#CC(C)(C)C)C(=O)CCCC=Cc1cccc(-c2ccsc2)c1. The smallest absolute Gasteiger partial charge is 0.316 e. The average molecular weight is 449 g/mol. The molecule has 2 rings (SSSR count). The minimum Gasteiger partial charge on any atom is -0.468 e. The molecular formula is C28H32O3S. The van der Waals surface area contributed by atoms with Crippen molar-refractivity contribution < 1.29 is 14.3 Å². The maximum atomic E-state index is 12.6. The van der Waals surface area contributed by atoms with E-state index in [4.69, 9.17) is 4.74 Å². The van der Waals surface area contributed by atoms with Crippen molar-refractivity contribution in [3.8, 4) is 23.0 Å². The topological polar surface area (TPSA) is 43.4 Å². The van der Waals surface area contributed by atoms with Crippen LogP contribution in [0.1, 0.15) is 52.0 Å². The molecule has 1 unspecified atom stereocenters. The second-order valence-corrected chi connectivity index (χ2v) is 9.41. The van der Waals surface area contributed by atoms with E-state index in [0.717, 1.165) is 12.0 Å². The normalized spacial score (nSPS) is 12.5. The Kier molecular flexibility index (Phi) is 10.2. The van der Waals surface area contributed by atoms with Gasteiger partial charge in [-0.2, -0.15) is 11.3 Å². The summed E-state index contributed by atoms with van der Waals surface area (Å²) in [5, 5.41) is 4.21. The standard InChI is InChI=1S/C28H32O3S/c1-28(2,3)18-10-6-8-15-25(27(30)31-4)26(29)16-9-5-7-12-22-13-11-14-23(20-22)24-17-19-32-21-24/h6-8,11-14,17,19-21,25H,5,9,15-16H2,1-4H3. The summed E-state index contributed by atoms with van der Waals surface area (Å²) in [4.78, 5) is 24.6. The Morgan fingerprint density at radius 3 is 2.66 bits per heavy atom. The first-order valence-corrected chi connectivity index (χ1v) is 11.8. The third-order valence-electron chi connectivity index (χ3n) is 4.74. The minimum absolute atomic E-state index is 0.0827. The number of hydrogen-bond acceptors (Lipinski definition) is 4. The molecule has 32 heavy (non-hydrogen) atoms. The third-order valence-corrected chi connectivity index (χ3v) is 5.42. The number of ether oxygens (including phenoxy) is 1. The van der Waals surface area contributed by atoms with Gasteiger partial charge in [0.05, 0.1) is 7.11 Å². The first-order chi connectivity index (χ1) is 15.3. The van der Waals surface area contributed by atoms with Crippen molar-refractivity contribution in [3.63, 3.8) is 0 Å². The summed E-state index contributed by atoms with van der Waals surface area (Å²) in [6.07, 6.45) is 9.77. The molecule has 0 aliphatic carbocycles. The Morgan fingerprint density at radius 1 is 1.16 bits per heavy atom. The van der Waals surface area contributed by atoms with Gasteiger partial charge in [0.1, 0.15) is 11.7 Å². The molecule has 0 N–H and O–H groups in total. The fraction of sp³-hybridized carbons (Fsp3) is 0.357. The second-order valence-electron chi connectivity index (χ2n) is 8.63. The maximum absolute atomic E-state index is 12.6. The van der Waals surface area contributed by atoms with Gasteiger partial charge in [0.25, 0.3) is 0 Å². The summed E-state index contributed by atoms with van der Waals surface area (Å²) in [6, 6.07) is 10.5. The lowest BCUT2D eigenvalue weighted by molar-refractivity contribution is -0.149. The highest BCUT2D eigenvalue weighted by atomic mass is 32.1. The summed E-state index contributed by atoms with van der Waals surface area (Å²) in [5.74, 6) is 4.73. The lowest BCUT2D eigenvalue weighted by Gasteiger charge is -2.11. The van der Waals surface area contributed by atoms with Crippen molar-refractivity contribution in [3.05, 3.63) is 64.9 Å². The van der Waals surface area contributed by atoms with Gasteiger partial charge in [-0.25, -0.2) is 0 Å². The molecule has 1 heterocycles. The highest BCUT2D eigenvalue weighted by Gasteiger charge is 2.25. The van der Waals surface area contributed by atoms with Crippen molar-refractivity contribution in [2.24, 2.45) is 11.3 Å². The molecule has 168 valence electrons. The van der Waals surface area contributed by atoms with Crippen LogP contribution in [0, 0.1) is 23.2 Å². The predicted octanol–water partition coefficient (Wildman–Crippen LogP) is 6.95. The van der Waals surface area contributed by atoms with Crippen molar-refractivity contribution >= 4 is 29.2 Å². The fourth-order valence-corrected chi connectivity index (χ4v) is 3.73. The molecule has 0 aliphatic heterocycles. The number of thiophene rings is 1. The molecule has 3 nitrogen and oxygen atoms in total. The molecule has 2 aromatic rings. The van der Waals surface area contributed by atoms with Crippen molar-refractivity contribution in [2.75, 3.05) is 7.11 Å². The summed E-state index contributed by atoms with van der Waals surface area (Å²) in [5.41, 5.74) is 3.47. The highest BCUT2D eigenvalue weighted by molar-refractivity contribution is 7.08. The Balaban J connectivity index is 1.85. The van der Waals surface area contributed by atoms with Crippen molar-refractivity contribution in [1.82, 2.24) is 0 Å². The van der Waals surface area contributed by atoms with Crippen molar-refractivity contribution in [1.29, 1.82) is 0 Å². The van der Waals surface area contributed by atoms with Crippen LogP contribution in [0.3, 0.4) is 0 Å². The Bertz CT molecular complexity index is 995. The molecule has 1 atom stereocenters. The Morgan fingerprint density at radius 2 is 1.97 bits per heavy atom. The molecular weight excluding hydrogens is 416 g/mol. The third kappa shape index (κ3) is 9.08. The van der Waals surface area contributed by atoms with E-state index in [0.29, 0.717) is 19.3 Å².